The number of hydrogen-bond donors (Lipinski definition) is 1. The lowest BCUT2D eigenvalue weighted by atomic mass is 10.2. The summed E-state index contributed by atoms with van der Waals surface area (Å²) in [6, 6.07) is 18.2. The Morgan fingerprint density at radius 3 is 2.63 bits per heavy atom. The lowest BCUT2D eigenvalue weighted by Gasteiger charge is -2.09. The van der Waals surface area contributed by atoms with Gasteiger partial charge in [-0.1, -0.05) is 29.8 Å². The summed E-state index contributed by atoms with van der Waals surface area (Å²) in [6.07, 6.45) is 1.46. The molecule has 0 bridgehead atoms. The van der Waals surface area contributed by atoms with Crippen LogP contribution in [-0.2, 0) is 6.61 Å². The normalized spacial score (nSPS) is 10.7. The van der Waals surface area contributed by atoms with Gasteiger partial charge in [-0.25, -0.2) is 5.43 Å². The number of carbonyl (C=O) groups is 1. The number of nitrogens with zero attached hydrogens (tertiary/aromatic N) is 2. The van der Waals surface area contributed by atoms with E-state index in [1.54, 1.807) is 30.3 Å². The molecule has 0 aliphatic rings. The van der Waals surface area contributed by atoms with Crippen LogP contribution >= 0.6 is 27.5 Å². The number of amides is 1. The van der Waals surface area contributed by atoms with Gasteiger partial charge in [-0.3, -0.25) is 14.9 Å². The van der Waals surface area contributed by atoms with Gasteiger partial charge in [0, 0.05) is 22.7 Å². The summed E-state index contributed by atoms with van der Waals surface area (Å²) in [7, 11) is 0. The van der Waals surface area contributed by atoms with Crippen LogP contribution in [0.25, 0.3) is 0 Å². The third-order valence-electron chi connectivity index (χ3n) is 3.96. The molecule has 0 aliphatic carbocycles. The molecule has 3 rings (SSSR count). The van der Waals surface area contributed by atoms with Crippen LogP contribution < -0.4 is 10.2 Å². The highest BCUT2D eigenvalue weighted by Gasteiger charge is 2.10. The lowest BCUT2D eigenvalue weighted by Crippen LogP contribution is -2.17. The van der Waals surface area contributed by atoms with E-state index in [-0.39, 0.29) is 11.3 Å². The van der Waals surface area contributed by atoms with E-state index in [0.29, 0.717) is 17.4 Å². The zero-order chi connectivity index (χ0) is 21.5. The van der Waals surface area contributed by atoms with Gasteiger partial charge in [-0.15, -0.1) is 0 Å². The number of nitrogens with one attached hydrogen (secondary N) is 1. The monoisotopic (exact) mass is 487 g/mol. The van der Waals surface area contributed by atoms with Crippen LogP contribution in [0.15, 0.2) is 76.3 Å². The molecule has 30 heavy (non-hydrogen) atoms. The maximum Gasteiger partial charge on any atom is 0.271 e. The Bertz CT molecular complexity index is 1100. The first-order valence-electron chi connectivity index (χ1n) is 8.67. The smallest absolute Gasteiger partial charge is 0.271 e. The van der Waals surface area contributed by atoms with Gasteiger partial charge in [0.15, 0.2) is 0 Å². The molecule has 0 atom stereocenters. The van der Waals surface area contributed by atoms with E-state index in [1.165, 1.54) is 30.5 Å². The van der Waals surface area contributed by atoms with Gasteiger partial charge in [-0.05, 0) is 63.5 Å². The second kappa shape index (κ2) is 10.00. The highest BCUT2D eigenvalue weighted by molar-refractivity contribution is 9.10. The van der Waals surface area contributed by atoms with Crippen molar-refractivity contribution in [3.8, 4) is 5.75 Å². The molecule has 0 aromatic heterocycles. The van der Waals surface area contributed by atoms with Crippen LogP contribution in [0, 0.1) is 10.1 Å². The molecule has 0 radical (unpaired) electrons. The fourth-order valence-corrected chi connectivity index (χ4v) is 3.08. The Labute approximate surface area is 185 Å². The molecule has 1 amide bonds. The highest BCUT2D eigenvalue weighted by Crippen LogP contribution is 2.26. The molecule has 7 nitrogen and oxygen atoms in total. The molecular formula is C21H15BrClN3O4. The summed E-state index contributed by atoms with van der Waals surface area (Å²) in [5.74, 6) is 0.111. The number of rotatable bonds is 7. The van der Waals surface area contributed by atoms with Crippen LogP contribution in [0.2, 0.25) is 5.02 Å². The topological polar surface area (TPSA) is 93.8 Å². The average molecular weight is 489 g/mol. The van der Waals surface area contributed by atoms with E-state index >= 15 is 0 Å². The summed E-state index contributed by atoms with van der Waals surface area (Å²) in [5, 5.41) is 15.4. The van der Waals surface area contributed by atoms with Crippen molar-refractivity contribution in [2.45, 2.75) is 6.61 Å². The number of nitro groups is 1. The van der Waals surface area contributed by atoms with Gasteiger partial charge >= 0.3 is 0 Å². The fourth-order valence-electron chi connectivity index (χ4n) is 2.45. The van der Waals surface area contributed by atoms with Gasteiger partial charge in [0.05, 0.1) is 15.6 Å². The number of non-ortho nitro benzene ring substituents is 1. The summed E-state index contributed by atoms with van der Waals surface area (Å²) in [6.45, 7) is 0.391. The zero-order valence-electron chi connectivity index (χ0n) is 15.4. The summed E-state index contributed by atoms with van der Waals surface area (Å²) >= 11 is 9.33. The molecule has 0 aliphatic heterocycles. The SMILES string of the molecule is O=C(NN=Cc1ccc(OCc2ccc(Cl)cc2)c(Br)c1)c1cccc([N+](=O)[O-])c1. The average Bonchev–Trinajstić information content (AvgIpc) is 2.74. The number of hydrazone groups is 1. The van der Waals surface area contributed by atoms with Crippen LogP contribution in [0.3, 0.4) is 0 Å². The number of carbonyl (C=O) groups excluding carboxylic acids is 1. The quantitative estimate of drug-likeness (QED) is 0.275. The Kier molecular flexibility index (Phi) is 7.16. The number of nitro benzene ring substituents is 1. The van der Waals surface area contributed by atoms with Crippen molar-refractivity contribution in [3.05, 3.63) is 103 Å². The van der Waals surface area contributed by atoms with Crippen molar-refractivity contribution in [1.82, 2.24) is 5.43 Å². The van der Waals surface area contributed by atoms with Crippen LogP contribution in [0.5, 0.6) is 5.75 Å². The minimum absolute atomic E-state index is 0.147. The van der Waals surface area contributed by atoms with Crippen molar-refractivity contribution in [2.75, 3.05) is 0 Å². The fraction of sp³-hybridized carbons (Fsp3) is 0.0476. The van der Waals surface area contributed by atoms with Crippen molar-refractivity contribution >= 4 is 45.3 Å². The predicted molar refractivity (Wildman–Crippen MR) is 118 cm³/mol. The Hall–Kier alpha value is -3.23. The molecule has 0 fully saturated rings. The van der Waals surface area contributed by atoms with Crippen molar-refractivity contribution in [2.24, 2.45) is 5.10 Å². The number of halogens is 2. The van der Waals surface area contributed by atoms with E-state index in [4.69, 9.17) is 16.3 Å². The van der Waals surface area contributed by atoms with Gasteiger partial charge in [0.1, 0.15) is 12.4 Å². The standard InChI is InChI=1S/C21H15BrClN3O4/c22-19-10-15(6-9-20(19)30-13-14-4-7-17(23)8-5-14)12-24-25-21(27)16-2-1-3-18(11-16)26(28)29/h1-12H,13H2,(H,25,27). The van der Waals surface area contributed by atoms with E-state index < -0.39 is 10.8 Å². The summed E-state index contributed by atoms with van der Waals surface area (Å²) in [4.78, 5) is 22.3. The van der Waals surface area contributed by atoms with Crippen LogP contribution in [0.1, 0.15) is 21.5 Å². The second-order valence-corrected chi connectivity index (χ2v) is 7.40. The molecule has 0 saturated heterocycles. The largest absolute Gasteiger partial charge is 0.488 e. The van der Waals surface area contributed by atoms with Gasteiger partial charge in [0.25, 0.3) is 11.6 Å². The van der Waals surface area contributed by atoms with Crippen molar-refractivity contribution < 1.29 is 14.5 Å². The molecule has 0 heterocycles. The first-order chi connectivity index (χ1) is 14.4. The van der Waals surface area contributed by atoms with Crippen molar-refractivity contribution in [3.63, 3.8) is 0 Å². The van der Waals surface area contributed by atoms with Crippen LogP contribution in [-0.4, -0.2) is 17.0 Å². The molecule has 3 aromatic rings. The molecular weight excluding hydrogens is 474 g/mol. The van der Waals surface area contributed by atoms with Gasteiger partial charge in [0.2, 0.25) is 0 Å². The van der Waals surface area contributed by atoms with E-state index in [2.05, 4.69) is 26.5 Å². The van der Waals surface area contributed by atoms with Gasteiger partial charge in [-0.2, -0.15) is 5.10 Å². The molecule has 1 N–H and O–H groups in total. The first-order valence-corrected chi connectivity index (χ1v) is 9.84. The van der Waals surface area contributed by atoms with Crippen LogP contribution in [0.4, 0.5) is 5.69 Å². The molecule has 9 heteroatoms. The third-order valence-corrected chi connectivity index (χ3v) is 4.83. The Morgan fingerprint density at radius 1 is 1.17 bits per heavy atom. The van der Waals surface area contributed by atoms with Crippen molar-refractivity contribution in [1.29, 1.82) is 0 Å². The predicted octanol–water partition coefficient (Wildman–Crippen LogP) is 5.35. The minimum Gasteiger partial charge on any atom is -0.488 e. The van der Waals surface area contributed by atoms with Gasteiger partial charge < -0.3 is 4.74 Å². The molecule has 152 valence electrons. The zero-order valence-corrected chi connectivity index (χ0v) is 17.8. The maximum absolute atomic E-state index is 12.1. The summed E-state index contributed by atoms with van der Waals surface area (Å²) < 4.78 is 6.52. The third kappa shape index (κ3) is 5.88. The maximum atomic E-state index is 12.1. The molecule has 0 unspecified atom stereocenters. The molecule has 0 spiro atoms. The minimum atomic E-state index is -0.561. The number of hydrogen-bond acceptors (Lipinski definition) is 5. The lowest BCUT2D eigenvalue weighted by molar-refractivity contribution is -0.384. The second-order valence-electron chi connectivity index (χ2n) is 6.11. The highest BCUT2D eigenvalue weighted by atomic mass is 79.9. The van der Waals surface area contributed by atoms with E-state index in [0.717, 1.165) is 15.6 Å². The van der Waals surface area contributed by atoms with E-state index in [9.17, 15) is 14.9 Å². The Morgan fingerprint density at radius 2 is 1.93 bits per heavy atom. The Balaban J connectivity index is 1.59. The number of benzene rings is 3. The molecule has 3 aromatic carbocycles. The van der Waals surface area contributed by atoms with E-state index in [1.807, 2.05) is 12.1 Å². The summed E-state index contributed by atoms with van der Waals surface area (Å²) in [5.41, 5.74) is 4.04. The number of ether oxygens (including phenoxy) is 1. The molecule has 0 saturated carbocycles. The first kappa shape index (κ1) is 21.5.